The lowest BCUT2D eigenvalue weighted by Gasteiger charge is -2.20. The Balaban J connectivity index is 1.51. The van der Waals surface area contributed by atoms with Crippen molar-refractivity contribution in [1.29, 1.82) is 0 Å². The van der Waals surface area contributed by atoms with Crippen LogP contribution in [0.4, 0.5) is 4.79 Å². The van der Waals surface area contributed by atoms with Crippen molar-refractivity contribution in [2.45, 2.75) is 64.6 Å². The van der Waals surface area contributed by atoms with E-state index in [4.69, 9.17) is 0 Å². The van der Waals surface area contributed by atoms with Gasteiger partial charge in [-0.3, -0.25) is 19.4 Å². The minimum Gasteiger partial charge on any atom is -0.352 e. The molecule has 7 nitrogen and oxygen atoms in total. The Morgan fingerprint density at radius 2 is 1.79 bits per heavy atom. The van der Waals surface area contributed by atoms with E-state index in [1.807, 2.05) is 18.2 Å². The number of carbonyl (C=O) groups is 3. The molecule has 0 atom stereocenters. The Morgan fingerprint density at radius 3 is 2.45 bits per heavy atom. The first kappa shape index (κ1) is 21.3. The van der Waals surface area contributed by atoms with Gasteiger partial charge in [-0.05, 0) is 37.1 Å². The summed E-state index contributed by atoms with van der Waals surface area (Å²) in [5.74, 6) is -0.326. The van der Waals surface area contributed by atoms with Crippen LogP contribution in [0.25, 0.3) is 0 Å². The minimum absolute atomic E-state index is 0.119. The fraction of sp³-hybridized carbons (Fsp3) is 0.591. The molecule has 29 heavy (non-hydrogen) atoms. The van der Waals surface area contributed by atoms with E-state index in [2.05, 4.69) is 35.4 Å². The molecule has 1 saturated heterocycles. The quantitative estimate of drug-likeness (QED) is 0.624. The van der Waals surface area contributed by atoms with Crippen LogP contribution < -0.4 is 10.6 Å². The number of nitrogens with one attached hydrogen (secondary N) is 2. The molecule has 0 radical (unpaired) electrons. The largest absolute Gasteiger partial charge is 0.352 e. The third kappa shape index (κ3) is 4.78. The van der Waals surface area contributed by atoms with E-state index in [0.29, 0.717) is 19.4 Å². The first-order chi connectivity index (χ1) is 14.0. The van der Waals surface area contributed by atoms with Gasteiger partial charge in [0.2, 0.25) is 5.91 Å². The van der Waals surface area contributed by atoms with E-state index in [1.54, 1.807) is 0 Å². The molecule has 0 bridgehead atoms. The third-order valence-corrected chi connectivity index (χ3v) is 6.15. The fourth-order valence-corrected chi connectivity index (χ4v) is 4.26. The molecule has 0 unspecified atom stereocenters. The number of amides is 4. The minimum atomic E-state index is -0.711. The number of benzene rings is 1. The SMILES string of the molecule is CCN(CC)Cc1ccccc1CNC(=O)CCN1C(=O)NC2(CCCC2)C1=O. The van der Waals surface area contributed by atoms with Gasteiger partial charge in [-0.25, -0.2) is 4.79 Å². The van der Waals surface area contributed by atoms with E-state index in [-0.39, 0.29) is 30.8 Å². The highest BCUT2D eigenvalue weighted by molar-refractivity contribution is 6.07. The monoisotopic (exact) mass is 400 g/mol. The Bertz CT molecular complexity index is 754. The van der Waals surface area contributed by atoms with Crippen molar-refractivity contribution in [3.8, 4) is 0 Å². The van der Waals surface area contributed by atoms with Crippen LogP contribution in [0.15, 0.2) is 24.3 Å². The molecule has 1 saturated carbocycles. The molecule has 2 fully saturated rings. The van der Waals surface area contributed by atoms with Crippen LogP contribution in [0.1, 0.15) is 57.1 Å². The van der Waals surface area contributed by atoms with Crippen molar-refractivity contribution < 1.29 is 14.4 Å². The standard InChI is InChI=1S/C22H32N4O3/c1-3-25(4-2)16-18-10-6-5-9-17(18)15-23-19(27)11-14-26-20(28)22(24-21(26)29)12-7-8-13-22/h5-6,9-10H,3-4,7-8,11-16H2,1-2H3,(H,23,27)(H,24,29). The molecule has 1 aromatic rings. The van der Waals surface area contributed by atoms with Gasteiger partial charge >= 0.3 is 6.03 Å². The van der Waals surface area contributed by atoms with Crippen LogP contribution >= 0.6 is 0 Å². The van der Waals surface area contributed by atoms with Crippen molar-refractivity contribution in [2.24, 2.45) is 0 Å². The van der Waals surface area contributed by atoms with E-state index in [1.165, 1.54) is 10.5 Å². The second-order valence-corrected chi connectivity index (χ2v) is 7.93. The molecule has 1 spiro atoms. The van der Waals surface area contributed by atoms with Crippen LogP contribution in [0, 0.1) is 0 Å². The number of rotatable bonds is 9. The maximum Gasteiger partial charge on any atom is 0.325 e. The molecular formula is C22H32N4O3. The highest BCUT2D eigenvalue weighted by atomic mass is 16.2. The Hall–Kier alpha value is -2.41. The smallest absolute Gasteiger partial charge is 0.325 e. The van der Waals surface area contributed by atoms with Gasteiger partial charge in [0.15, 0.2) is 0 Å². The normalized spacial score (nSPS) is 18.0. The van der Waals surface area contributed by atoms with E-state index in [9.17, 15) is 14.4 Å². The highest BCUT2D eigenvalue weighted by Gasteiger charge is 2.52. The summed E-state index contributed by atoms with van der Waals surface area (Å²) in [7, 11) is 0. The molecule has 7 heteroatoms. The Labute approximate surface area is 172 Å². The van der Waals surface area contributed by atoms with Gasteiger partial charge in [0.05, 0.1) is 0 Å². The van der Waals surface area contributed by atoms with Crippen molar-refractivity contribution in [1.82, 2.24) is 20.4 Å². The predicted octanol–water partition coefficient (Wildman–Crippen LogP) is 2.40. The highest BCUT2D eigenvalue weighted by Crippen LogP contribution is 2.35. The first-order valence-corrected chi connectivity index (χ1v) is 10.7. The summed E-state index contributed by atoms with van der Waals surface area (Å²) >= 11 is 0. The molecule has 1 heterocycles. The number of nitrogens with zero attached hydrogens (tertiary/aromatic N) is 2. The van der Waals surface area contributed by atoms with Crippen molar-refractivity contribution in [3.05, 3.63) is 35.4 Å². The second-order valence-electron chi connectivity index (χ2n) is 7.93. The summed E-state index contributed by atoms with van der Waals surface area (Å²) in [4.78, 5) is 40.7. The van der Waals surface area contributed by atoms with Gasteiger partial charge in [0, 0.05) is 26.1 Å². The van der Waals surface area contributed by atoms with Crippen LogP contribution in [-0.2, 0) is 22.7 Å². The summed E-state index contributed by atoms with van der Waals surface area (Å²) in [6.45, 7) is 7.65. The summed E-state index contributed by atoms with van der Waals surface area (Å²) in [6, 6.07) is 7.74. The zero-order chi connectivity index (χ0) is 20.9. The second kappa shape index (κ2) is 9.39. The summed E-state index contributed by atoms with van der Waals surface area (Å²) < 4.78 is 0. The number of imide groups is 1. The van der Waals surface area contributed by atoms with Crippen LogP contribution in [0.5, 0.6) is 0 Å². The van der Waals surface area contributed by atoms with E-state index in [0.717, 1.165) is 38.0 Å². The van der Waals surface area contributed by atoms with Gasteiger partial charge in [0.25, 0.3) is 5.91 Å². The van der Waals surface area contributed by atoms with Gasteiger partial charge < -0.3 is 10.6 Å². The maximum atomic E-state index is 12.6. The summed E-state index contributed by atoms with van der Waals surface area (Å²) in [5.41, 5.74) is 1.58. The first-order valence-electron chi connectivity index (χ1n) is 10.7. The molecule has 1 aliphatic carbocycles. The molecule has 2 aliphatic rings. The van der Waals surface area contributed by atoms with Gasteiger partial charge in [0.1, 0.15) is 5.54 Å². The number of carbonyl (C=O) groups excluding carboxylic acids is 3. The van der Waals surface area contributed by atoms with Crippen LogP contribution in [0.2, 0.25) is 0 Å². The Morgan fingerprint density at radius 1 is 1.14 bits per heavy atom. The summed E-state index contributed by atoms with van der Waals surface area (Å²) in [5, 5.41) is 5.78. The lowest BCUT2D eigenvalue weighted by molar-refractivity contribution is -0.131. The number of urea groups is 1. The van der Waals surface area contributed by atoms with Gasteiger partial charge in [-0.2, -0.15) is 0 Å². The maximum absolute atomic E-state index is 12.6. The van der Waals surface area contributed by atoms with E-state index >= 15 is 0 Å². The molecule has 4 amide bonds. The molecule has 3 rings (SSSR count). The summed E-state index contributed by atoms with van der Waals surface area (Å²) in [6.07, 6.45) is 3.42. The molecule has 1 aliphatic heterocycles. The molecule has 158 valence electrons. The van der Waals surface area contributed by atoms with Crippen molar-refractivity contribution in [2.75, 3.05) is 19.6 Å². The van der Waals surface area contributed by atoms with Crippen molar-refractivity contribution >= 4 is 17.8 Å². The Kier molecular flexibility index (Phi) is 6.90. The molecule has 0 aromatic heterocycles. The van der Waals surface area contributed by atoms with Crippen LogP contribution in [-0.4, -0.2) is 52.8 Å². The lowest BCUT2D eigenvalue weighted by atomic mass is 9.98. The molecule has 1 aromatic carbocycles. The number of hydrogen-bond donors (Lipinski definition) is 2. The third-order valence-electron chi connectivity index (χ3n) is 6.15. The van der Waals surface area contributed by atoms with Gasteiger partial charge in [-0.15, -0.1) is 0 Å². The fourth-order valence-electron chi connectivity index (χ4n) is 4.26. The zero-order valence-corrected chi connectivity index (χ0v) is 17.5. The molecular weight excluding hydrogens is 368 g/mol. The number of hydrogen-bond acceptors (Lipinski definition) is 4. The lowest BCUT2D eigenvalue weighted by Crippen LogP contribution is -2.44. The predicted molar refractivity (Wildman–Crippen MR) is 111 cm³/mol. The average molecular weight is 401 g/mol. The topological polar surface area (TPSA) is 81.8 Å². The van der Waals surface area contributed by atoms with E-state index < -0.39 is 5.54 Å². The van der Waals surface area contributed by atoms with Crippen molar-refractivity contribution in [3.63, 3.8) is 0 Å². The van der Waals surface area contributed by atoms with Crippen LogP contribution in [0.3, 0.4) is 0 Å². The average Bonchev–Trinajstić information content (AvgIpc) is 3.29. The zero-order valence-electron chi connectivity index (χ0n) is 17.5. The van der Waals surface area contributed by atoms with Gasteiger partial charge in [-0.1, -0.05) is 51.0 Å². The molecule has 2 N–H and O–H groups in total.